The second-order valence-electron chi connectivity index (χ2n) is 3.36. The summed E-state index contributed by atoms with van der Waals surface area (Å²) in [6.45, 7) is 3.60. The van der Waals surface area contributed by atoms with Gasteiger partial charge in [-0.25, -0.2) is 8.42 Å². The van der Waals surface area contributed by atoms with Gasteiger partial charge in [0.05, 0.1) is 5.75 Å². The molecule has 1 saturated heterocycles. The van der Waals surface area contributed by atoms with Gasteiger partial charge in [0.1, 0.15) is 0 Å². The molecule has 0 aromatic carbocycles. The molecule has 1 unspecified atom stereocenters. The van der Waals surface area contributed by atoms with E-state index in [0.717, 1.165) is 12.2 Å². The Morgan fingerprint density at radius 3 is 2.86 bits per heavy atom. The zero-order chi connectivity index (χ0) is 10.6. The monoisotopic (exact) mass is 238 g/mol. The predicted molar refractivity (Wildman–Crippen MR) is 61.0 cm³/mol. The highest BCUT2D eigenvalue weighted by atomic mass is 32.2. The Balaban J connectivity index is 2.59. The van der Waals surface area contributed by atoms with E-state index in [1.54, 1.807) is 4.31 Å². The maximum absolute atomic E-state index is 11.7. The number of sulfonamides is 1. The van der Waals surface area contributed by atoms with Crippen molar-refractivity contribution < 1.29 is 8.42 Å². The van der Waals surface area contributed by atoms with E-state index in [0.29, 0.717) is 18.3 Å². The van der Waals surface area contributed by atoms with E-state index in [1.165, 1.54) is 0 Å². The number of thioether (sulfide) groups is 1. The molecule has 1 fully saturated rings. The van der Waals surface area contributed by atoms with Gasteiger partial charge in [0.25, 0.3) is 0 Å². The molecule has 1 aliphatic heterocycles. The quantitative estimate of drug-likeness (QED) is 0.754. The molecule has 0 saturated carbocycles. The molecule has 0 aromatic rings. The fraction of sp³-hybridized carbons (Fsp3) is 1.00. The smallest absolute Gasteiger partial charge is 0.215 e. The third-order valence-electron chi connectivity index (χ3n) is 2.33. The maximum atomic E-state index is 11.7. The Kier molecular flexibility index (Phi) is 4.69. The summed E-state index contributed by atoms with van der Waals surface area (Å²) >= 11 is 1.86. The zero-order valence-electron chi connectivity index (χ0n) is 8.48. The van der Waals surface area contributed by atoms with Gasteiger partial charge in [0.15, 0.2) is 0 Å². The Morgan fingerprint density at radius 2 is 2.29 bits per heavy atom. The van der Waals surface area contributed by atoms with E-state index in [2.05, 4.69) is 6.92 Å². The summed E-state index contributed by atoms with van der Waals surface area (Å²) in [5.74, 6) is 0.983. The Bertz CT molecular complexity index is 267. The maximum Gasteiger partial charge on any atom is 0.215 e. The van der Waals surface area contributed by atoms with Crippen LogP contribution in [0.4, 0.5) is 0 Å². The third-order valence-corrected chi connectivity index (χ3v) is 5.57. The summed E-state index contributed by atoms with van der Waals surface area (Å²) in [6.07, 6.45) is 1.03. The summed E-state index contributed by atoms with van der Waals surface area (Å²) in [5.41, 5.74) is 5.28. The molecule has 0 aliphatic carbocycles. The van der Waals surface area contributed by atoms with Gasteiger partial charge in [-0.1, -0.05) is 6.92 Å². The molecule has 0 aromatic heterocycles. The molecule has 0 amide bonds. The molecule has 4 nitrogen and oxygen atoms in total. The molecule has 1 rings (SSSR count). The molecule has 14 heavy (non-hydrogen) atoms. The number of nitrogens with two attached hydrogens (primary N) is 1. The van der Waals surface area contributed by atoms with Gasteiger partial charge in [0, 0.05) is 30.6 Å². The first-order valence-electron chi connectivity index (χ1n) is 4.89. The van der Waals surface area contributed by atoms with E-state index in [1.807, 2.05) is 11.8 Å². The van der Waals surface area contributed by atoms with Crippen LogP contribution >= 0.6 is 11.8 Å². The van der Waals surface area contributed by atoms with Crippen molar-refractivity contribution in [1.82, 2.24) is 4.31 Å². The molecule has 6 heteroatoms. The van der Waals surface area contributed by atoms with Crippen molar-refractivity contribution in [2.45, 2.75) is 18.6 Å². The average molecular weight is 238 g/mol. The van der Waals surface area contributed by atoms with Crippen molar-refractivity contribution in [1.29, 1.82) is 0 Å². The molecule has 1 aliphatic rings. The standard InChI is InChI=1S/C8H18N2O2S2/c1-2-8-7-10(4-5-13-8)14(11,12)6-3-9/h8H,2-7,9H2,1H3. The van der Waals surface area contributed by atoms with E-state index in [4.69, 9.17) is 5.73 Å². The highest BCUT2D eigenvalue weighted by Gasteiger charge is 2.27. The van der Waals surface area contributed by atoms with Crippen LogP contribution in [0.25, 0.3) is 0 Å². The largest absolute Gasteiger partial charge is 0.329 e. The zero-order valence-corrected chi connectivity index (χ0v) is 10.1. The summed E-state index contributed by atoms with van der Waals surface area (Å²) in [4.78, 5) is 0. The van der Waals surface area contributed by atoms with Gasteiger partial charge in [-0.05, 0) is 6.42 Å². The van der Waals surface area contributed by atoms with Gasteiger partial charge in [-0.2, -0.15) is 16.1 Å². The topological polar surface area (TPSA) is 63.4 Å². The first-order chi connectivity index (χ1) is 6.60. The SMILES string of the molecule is CCC1CN(S(=O)(=O)CCN)CCS1. The van der Waals surface area contributed by atoms with Crippen LogP contribution in [0.5, 0.6) is 0 Å². The van der Waals surface area contributed by atoms with Gasteiger partial charge in [-0.3, -0.25) is 0 Å². The van der Waals surface area contributed by atoms with Crippen molar-refractivity contribution in [2.24, 2.45) is 5.73 Å². The van der Waals surface area contributed by atoms with E-state index in [9.17, 15) is 8.42 Å². The lowest BCUT2D eigenvalue weighted by molar-refractivity contribution is 0.416. The molecule has 1 atom stereocenters. The Morgan fingerprint density at radius 1 is 1.57 bits per heavy atom. The minimum atomic E-state index is -3.08. The molecule has 2 N–H and O–H groups in total. The van der Waals surface area contributed by atoms with Crippen molar-refractivity contribution in [3.05, 3.63) is 0 Å². The molecular weight excluding hydrogens is 220 g/mol. The van der Waals surface area contributed by atoms with Crippen molar-refractivity contribution >= 4 is 21.8 Å². The summed E-state index contributed by atoms with van der Waals surface area (Å²) in [6, 6.07) is 0. The van der Waals surface area contributed by atoms with Crippen LogP contribution in [-0.4, -0.2) is 49.1 Å². The lowest BCUT2D eigenvalue weighted by Crippen LogP contribution is -2.43. The highest BCUT2D eigenvalue weighted by Crippen LogP contribution is 2.22. The molecule has 0 spiro atoms. The predicted octanol–water partition coefficient (Wildman–Crippen LogP) is 0.102. The van der Waals surface area contributed by atoms with Gasteiger partial charge in [0.2, 0.25) is 10.0 Å². The molecular formula is C8H18N2O2S2. The number of nitrogens with zero attached hydrogens (tertiary/aromatic N) is 1. The lowest BCUT2D eigenvalue weighted by atomic mass is 10.3. The normalized spacial score (nSPS) is 25.1. The molecule has 1 heterocycles. The number of hydrogen-bond donors (Lipinski definition) is 1. The van der Waals surface area contributed by atoms with Crippen LogP contribution < -0.4 is 5.73 Å². The van der Waals surface area contributed by atoms with Crippen molar-refractivity contribution in [3.8, 4) is 0 Å². The third kappa shape index (κ3) is 3.12. The minimum Gasteiger partial charge on any atom is -0.329 e. The molecule has 0 bridgehead atoms. The fourth-order valence-electron chi connectivity index (χ4n) is 1.47. The second-order valence-corrected chi connectivity index (χ2v) is 6.86. The summed E-state index contributed by atoms with van der Waals surface area (Å²) < 4.78 is 25.0. The molecule has 84 valence electrons. The van der Waals surface area contributed by atoms with Gasteiger partial charge in [-0.15, -0.1) is 0 Å². The van der Waals surface area contributed by atoms with Crippen LogP contribution in [0.15, 0.2) is 0 Å². The number of hydrogen-bond acceptors (Lipinski definition) is 4. The second kappa shape index (κ2) is 5.34. The highest BCUT2D eigenvalue weighted by molar-refractivity contribution is 8.00. The van der Waals surface area contributed by atoms with Crippen molar-refractivity contribution in [2.75, 3.05) is 31.1 Å². The lowest BCUT2D eigenvalue weighted by Gasteiger charge is -2.30. The van der Waals surface area contributed by atoms with E-state index in [-0.39, 0.29) is 12.3 Å². The number of rotatable bonds is 4. The van der Waals surface area contributed by atoms with Crippen LogP contribution in [0.2, 0.25) is 0 Å². The summed E-state index contributed by atoms with van der Waals surface area (Å²) in [5, 5.41) is 0.455. The average Bonchev–Trinajstić information content (AvgIpc) is 2.18. The van der Waals surface area contributed by atoms with Gasteiger partial charge < -0.3 is 5.73 Å². The van der Waals surface area contributed by atoms with E-state index < -0.39 is 10.0 Å². The van der Waals surface area contributed by atoms with Crippen molar-refractivity contribution in [3.63, 3.8) is 0 Å². The summed E-state index contributed by atoms with van der Waals surface area (Å²) in [7, 11) is -3.08. The first-order valence-corrected chi connectivity index (χ1v) is 7.55. The Hall–Kier alpha value is 0.220. The Labute approximate surface area is 90.3 Å². The van der Waals surface area contributed by atoms with Gasteiger partial charge >= 0.3 is 0 Å². The molecule has 0 radical (unpaired) electrons. The fourth-order valence-corrected chi connectivity index (χ4v) is 4.19. The van der Waals surface area contributed by atoms with Crippen LogP contribution in [0, 0.1) is 0 Å². The van der Waals surface area contributed by atoms with Crippen LogP contribution in [0.3, 0.4) is 0 Å². The van der Waals surface area contributed by atoms with Crippen LogP contribution in [0.1, 0.15) is 13.3 Å². The van der Waals surface area contributed by atoms with E-state index >= 15 is 0 Å². The minimum absolute atomic E-state index is 0.0775. The van der Waals surface area contributed by atoms with Crippen LogP contribution in [-0.2, 0) is 10.0 Å². The first kappa shape index (κ1) is 12.3.